The molecule has 1 unspecified atom stereocenters. The van der Waals surface area contributed by atoms with Gasteiger partial charge in [-0.2, -0.15) is 0 Å². The molecule has 2 aliphatic heterocycles. The molecule has 1 aromatic carbocycles. The number of nitrogens with one attached hydrogen (secondary N) is 1. The molecule has 0 radical (unpaired) electrons. The second-order valence-electron chi connectivity index (χ2n) is 8.90. The Morgan fingerprint density at radius 1 is 1.29 bits per heavy atom. The Morgan fingerprint density at radius 2 is 2.00 bits per heavy atom. The molecule has 3 atom stereocenters. The van der Waals surface area contributed by atoms with E-state index in [0.717, 1.165) is 22.5 Å². The van der Waals surface area contributed by atoms with E-state index in [1.54, 1.807) is 0 Å². The lowest BCUT2D eigenvalue weighted by Gasteiger charge is -2.36. The molecule has 2 aliphatic rings. The van der Waals surface area contributed by atoms with Crippen LogP contribution >= 0.6 is 0 Å². The summed E-state index contributed by atoms with van der Waals surface area (Å²) < 4.78 is 32.5. The van der Waals surface area contributed by atoms with Crippen LogP contribution in [0.4, 0.5) is 14.5 Å². The SMILES string of the molecule is Cc1cc(N2CC(F)C2)cc(OCc2ccc(C(C)[C@@]3(C)C(=O)NC[C@@H]3CF)cc2)n1. The Bertz CT molecular complexity index is 946. The number of benzene rings is 1. The van der Waals surface area contributed by atoms with Crippen molar-refractivity contribution in [2.24, 2.45) is 11.3 Å². The number of anilines is 1. The maximum atomic E-state index is 13.5. The first kappa shape index (κ1) is 21.5. The smallest absolute Gasteiger partial charge is 0.227 e. The molecule has 0 saturated carbocycles. The Labute approximate surface area is 181 Å². The fraction of sp³-hybridized carbons (Fsp3) is 0.500. The standard InChI is InChI=1S/C24H29F2N3O2/c1-15-8-21(29-12-20(26)13-29)9-22(28-15)31-14-17-4-6-18(7-5-17)16(2)24(3)19(10-25)11-27-23(24)30/h4-9,16,19-20H,10-14H2,1-3H3,(H,27,30)/t16?,19-,24+/m0/s1. The third-order valence-corrected chi connectivity index (χ3v) is 6.92. The van der Waals surface area contributed by atoms with E-state index in [1.165, 1.54) is 0 Å². The molecule has 2 aromatic rings. The molecular weight excluding hydrogens is 400 g/mol. The number of carbonyl (C=O) groups excluding carboxylic acids is 1. The topological polar surface area (TPSA) is 54.5 Å². The minimum atomic E-state index is -0.767. The largest absolute Gasteiger partial charge is 0.473 e. The van der Waals surface area contributed by atoms with Crippen molar-refractivity contribution in [3.8, 4) is 5.88 Å². The van der Waals surface area contributed by atoms with Gasteiger partial charge in [0.25, 0.3) is 0 Å². The second-order valence-corrected chi connectivity index (χ2v) is 8.90. The van der Waals surface area contributed by atoms with Crippen molar-refractivity contribution in [1.82, 2.24) is 10.3 Å². The summed E-state index contributed by atoms with van der Waals surface area (Å²) in [5, 5.41) is 2.81. The van der Waals surface area contributed by atoms with Crippen LogP contribution in [0.25, 0.3) is 0 Å². The molecule has 1 amide bonds. The zero-order valence-electron chi connectivity index (χ0n) is 18.2. The van der Waals surface area contributed by atoms with Crippen LogP contribution in [0.3, 0.4) is 0 Å². The maximum Gasteiger partial charge on any atom is 0.227 e. The highest BCUT2D eigenvalue weighted by atomic mass is 19.1. The van der Waals surface area contributed by atoms with Gasteiger partial charge in [-0.15, -0.1) is 0 Å². The van der Waals surface area contributed by atoms with Crippen molar-refractivity contribution in [2.75, 3.05) is 31.2 Å². The summed E-state index contributed by atoms with van der Waals surface area (Å²) in [5.74, 6) is -0.00500. The van der Waals surface area contributed by atoms with E-state index in [1.807, 2.05) is 62.1 Å². The number of carbonyl (C=O) groups is 1. The monoisotopic (exact) mass is 429 g/mol. The van der Waals surface area contributed by atoms with Gasteiger partial charge in [-0.05, 0) is 37.0 Å². The molecule has 2 saturated heterocycles. The van der Waals surface area contributed by atoms with Crippen molar-refractivity contribution in [1.29, 1.82) is 0 Å². The molecule has 166 valence electrons. The van der Waals surface area contributed by atoms with Gasteiger partial charge in [-0.1, -0.05) is 31.2 Å². The third-order valence-electron chi connectivity index (χ3n) is 6.92. The van der Waals surface area contributed by atoms with Gasteiger partial charge in [-0.3, -0.25) is 9.18 Å². The lowest BCUT2D eigenvalue weighted by atomic mass is 9.68. The Hall–Kier alpha value is -2.70. The van der Waals surface area contributed by atoms with Crippen molar-refractivity contribution in [2.45, 2.75) is 39.5 Å². The summed E-state index contributed by atoms with van der Waals surface area (Å²) in [4.78, 5) is 18.8. The molecule has 0 aliphatic carbocycles. The predicted octanol–water partition coefficient (Wildman–Crippen LogP) is 3.95. The number of nitrogens with zero attached hydrogens (tertiary/aromatic N) is 2. The molecule has 1 N–H and O–H groups in total. The number of amides is 1. The summed E-state index contributed by atoms with van der Waals surface area (Å²) in [6, 6.07) is 11.7. The molecule has 3 heterocycles. The molecule has 0 bridgehead atoms. The Morgan fingerprint density at radius 3 is 2.65 bits per heavy atom. The maximum absolute atomic E-state index is 13.5. The molecule has 0 spiro atoms. The van der Waals surface area contributed by atoms with Crippen LogP contribution in [0.1, 0.15) is 36.6 Å². The first-order valence-corrected chi connectivity index (χ1v) is 10.7. The van der Waals surface area contributed by atoms with Crippen molar-refractivity contribution in [3.63, 3.8) is 0 Å². The fourth-order valence-electron chi connectivity index (χ4n) is 4.49. The van der Waals surface area contributed by atoms with Crippen LogP contribution in [0.2, 0.25) is 0 Å². The molecule has 2 fully saturated rings. The highest BCUT2D eigenvalue weighted by Gasteiger charge is 2.50. The number of aryl methyl sites for hydroxylation is 1. The van der Waals surface area contributed by atoms with Crippen molar-refractivity contribution < 1.29 is 18.3 Å². The average molecular weight is 430 g/mol. The fourth-order valence-corrected chi connectivity index (χ4v) is 4.49. The molecule has 1 aromatic heterocycles. The van der Waals surface area contributed by atoms with Gasteiger partial charge in [0.1, 0.15) is 12.8 Å². The van der Waals surface area contributed by atoms with E-state index in [0.29, 0.717) is 32.1 Å². The van der Waals surface area contributed by atoms with Crippen LogP contribution in [0, 0.1) is 18.3 Å². The average Bonchev–Trinajstić information content (AvgIpc) is 3.04. The highest BCUT2D eigenvalue weighted by Crippen LogP contribution is 2.45. The number of pyridine rings is 1. The lowest BCUT2D eigenvalue weighted by Crippen LogP contribution is -2.48. The van der Waals surface area contributed by atoms with Gasteiger partial charge >= 0.3 is 0 Å². The molecule has 7 heteroatoms. The van der Waals surface area contributed by atoms with E-state index < -0.39 is 18.3 Å². The summed E-state index contributed by atoms with van der Waals surface area (Å²) >= 11 is 0. The van der Waals surface area contributed by atoms with Crippen LogP contribution in [-0.2, 0) is 11.4 Å². The van der Waals surface area contributed by atoms with E-state index in [-0.39, 0.29) is 17.7 Å². The summed E-state index contributed by atoms with van der Waals surface area (Å²) in [6.07, 6.45) is -0.767. The minimum absolute atomic E-state index is 0.0855. The quantitative estimate of drug-likeness (QED) is 0.724. The number of ether oxygens (including phenoxy) is 1. The number of hydrogen-bond acceptors (Lipinski definition) is 4. The van der Waals surface area contributed by atoms with Gasteiger partial charge in [0.15, 0.2) is 0 Å². The van der Waals surface area contributed by atoms with Crippen LogP contribution < -0.4 is 15.0 Å². The van der Waals surface area contributed by atoms with Crippen molar-refractivity contribution >= 4 is 11.6 Å². The Kier molecular flexibility index (Phi) is 5.86. The van der Waals surface area contributed by atoms with Crippen LogP contribution in [0.15, 0.2) is 36.4 Å². The molecular formula is C24H29F2N3O2. The first-order chi connectivity index (χ1) is 14.8. The number of hydrogen-bond donors (Lipinski definition) is 1. The lowest BCUT2D eigenvalue weighted by molar-refractivity contribution is -0.129. The second kappa shape index (κ2) is 8.44. The van der Waals surface area contributed by atoms with Gasteiger partial charge in [0, 0.05) is 29.9 Å². The zero-order chi connectivity index (χ0) is 22.2. The predicted molar refractivity (Wildman–Crippen MR) is 116 cm³/mol. The summed E-state index contributed by atoms with van der Waals surface area (Å²) in [6.45, 7) is 6.76. The van der Waals surface area contributed by atoms with E-state index >= 15 is 0 Å². The zero-order valence-corrected chi connectivity index (χ0v) is 18.2. The number of aromatic nitrogens is 1. The van der Waals surface area contributed by atoms with E-state index in [4.69, 9.17) is 4.74 Å². The summed E-state index contributed by atoms with van der Waals surface area (Å²) in [5.41, 5.74) is 2.95. The van der Waals surface area contributed by atoms with Gasteiger partial charge in [-0.25, -0.2) is 9.37 Å². The normalized spacial score (nSPS) is 24.6. The van der Waals surface area contributed by atoms with Gasteiger partial charge in [0.05, 0.1) is 25.2 Å². The molecule has 31 heavy (non-hydrogen) atoms. The number of rotatable bonds is 7. The number of halogens is 2. The first-order valence-electron chi connectivity index (χ1n) is 10.7. The van der Waals surface area contributed by atoms with Crippen LogP contribution in [-0.4, -0.2) is 43.4 Å². The third kappa shape index (κ3) is 4.10. The van der Waals surface area contributed by atoms with Crippen molar-refractivity contribution in [3.05, 3.63) is 53.2 Å². The molecule has 4 rings (SSSR count). The molecule has 5 nitrogen and oxygen atoms in total. The number of alkyl halides is 2. The Balaban J connectivity index is 1.42. The van der Waals surface area contributed by atoms with E-state index in [9.17, 15) is 13.6 Å². The summed E-state index contributed by atoms with van der Waals surface area (Å²) in [7, 11) is 0. The van der Waals surface area contributed by atoms with Gasteiger partial charge in [0.2, 0.25) is 11.8 Å². The van der Waals surface area contributed by atoms with Gasteiger partial charge < -0.3 is 15.0 Å². The highest BCUT2D eigenvalue weighted by molar-refractivity contribution is 5.86. The van der Waals surface area contributed by atoms with E-state index in [2.05, 4.69) is 10.3 Å². The minimum Gasteiger partial charge on any atom is -0.473 e. The van der Waals surface area contributed by atoms with Crippen LogP contribution in [0.5, 0.6) is 5.88 Å².